The van der Waals surface area contributed by atoms with E-state index in [-0.39, 0.29) is 12.5 Å². The van der Waals surface area contributed by atoms with Crippen LogP contribution < -0.4 is 4.74 Å². The molecular weight excluding hydrogens is 306 g/mol. The molecule has 0 amide bonds. The molecule has 0 fully saturated rings. The zero-order valence-corrected chi connectivity index (χ0v) is 12.4. The van der Waals surface area contributed by atoms with Crippen LogP contribution in [0, 0.1) is 0 Å². The van der Waals surface area contributed by atoms with Gasteiger partial charge in [0.1, 0.15) is 18.3 Å². The Kier molecular flexibility index (Phi) is 2.93. The molecule has 0 unspecified atom stereocenters. The van der Waals surface area contributed by atoms with Crippen LogP contribution in [0.3, 0.4) is 0 Å². The van der Waals surface area contributed by atoms with Gasteiger partial charge in [-0.25, -0.2) is 19.4 Å². The topological polar surface area (TPSA) is 84.1 Å². The van der Waals surface area contributed by atoms with Gasteiger partial charge in [0.15, 0.2) is 5.82 Å². The molecule has 0 spiro atoms. The lowest BCUT2D eigenvalue weighted by Crippen LogP contribution is -2.13. The lowest BCUT2D eigenvalue weighted by molar-refractivity contribution is 0.102. The predicted molar refractivity (Wildman–Crippen MR) is 77.2 cm³/mol. The summed E-state index contributed by atoms with van der Waals surface area (Å²) < 4.78 is 13.6. The Labute approximate surface area is 128 Å². The second kappa shape index (κ2) is 4.95. The van der Waals surface area contributed by atoms with Gasteiger partial charge in [-0.2, -0.15) is 5.10 Å². The molecule has 3 aromatic rings. The number of fused-ring (bicyclic) bond motifs is 5. The van der Waals surface area contributed by atoms with Crippen LogP contribution in [0.15, 0.2) is 24.1 Å². The largest absolute Gasteiger partial charge is 0.515 e. The van der Waals surface area contributed by atoms with Crippen LogP contribution in [0.4, 0.5) is 4.79 Å². The second-order valence-electron chi connectivity index (χ2n) is 4.53. The highest BCUT2D eigenvalue weighted by Gasteiger charge is 2.26. The van der Waals surface area contributed by atoms with E-state index in [1.807, 2.05) is 16.0 Å². The summed E-state index contributed by atoms with van der Waals surface area (Å²) in [7, 11) is 0. The zero-order chi connectivity index (χ0) is 15.1. The summed E-state index contributed by atoms with van der Waals surface area (Å²) in [6, 6.07) is 1.98. The number of aromatic nitrogens is 5. The fraction of sp³-hybridized carbons (Fsp3) is 0.231. The maximum atomic E-state index is 11.5. The van der Waals surface area contributed by atoms with E-state index in [0.29, 0.717) is 6.54 Å². The van der Waals surface area contributed by atoms with Crippen LogP contribution in [0.5, 0.6) is 5.88 Å². The van der Waals surface area contributed by atoms with Crippen LogP contribution in [0.25, 0.3) is 16.4 Å². The molecule has 8 nitrogen and oxygen atoms in total. The first-order valence-corrected chi connectivity index (χ1v) is 7.52. The van der Waals surface area contributed by atoms with Crippen molar-refractivity contribution in [2.75, 3.05) is 6.61 Å². The Hall–Kier alpha value is -2.68. The van der Waals surface area contributed by atoms with Crippen molar-refractivity contribution in [1.29, 1.82) is 0 Å². The van der Waals surface area contributed by atoms with Gasteiger partial charge in [0.2, 0.25) is 5.88 Å². The maximum Gasteiger partial charge on any atom is 0.515 e. The first kappa shape index (κ1) is 13.0. The van der Waals surface area contributed by atoms with Crippen molar-refractivity contribution < 1.29 is 14.3 Å². The lowest BCUT2D eigenvalue weighted by atomic mass is 10.3. The number of imidazole rings is 1. The summed E-state index contributed by atoms with van der Waals surface area (Å²) in [5.74, 6) is 1.01. The van der Waals surface area contributed by atoms with E-state index in [9.17, 15) is 4.79 Å². The highest BCUT2D eigenvalue weighted by atomic mass is 32.1. The molecule has 4 heterocycles. The van der Waals surface area contributed by atoms with E-state index in [1.165, 1.54) is 6.33 Å². The molecule has 1 aliphatic rings. The maximum absolute atomic E-state index is 11.5. The highest BCUT2D eigenvalue weighted by Crippen LogP contribution is 2.36. The van der Waals surface area contributed by atoms with Gasteiger partial charge < -0.3 is 9.47 Å². The minimum Gasteiger partial charge on any atom is -0.434 e. The summed E-state index contributed by atoms with van der Waals surface area (Å²) in [6.07, 6.45) is 2.37. The average molecular weight is 317 g/mol. The van der Waals surface area contributed by atoms with Crippen molar-refractivity contribution >= 4 is 17.5 Å². The monoisotopic (exact) mass is 317 g/mol. The Balaban J connectivity index is 1.82. The fourth-order valence-electron chi connectivity index (χ4n) is 2.38. The number of thiophene rings is 1. The van der Waals surface area contributed by atoms with Crippen molar-refractivity contribution in [3.63, 3.8) is 0 Å². The van der Waals surface area contributed by atoms with Crippen LogP contribution >= 0.6 is 11.3 Å². The Morgan fingerprint density at radius 3 is 3.23 bits per heavy atom. The average Bonchev–Trinajstić information content (AvgIpc) is 3.19. The number of carbonyl (C=O) groups excluding carboxylic acids is 1. The molecular formula is C13H11N5O3S. The molecule has 0 aromatic carbocycles. The molecule has 0 saturated heterocycles. The molecule has 0 atom stereocenters. The molecule has 22 heavy (non-hydrogen) atoms. The summed E-state index contributed by atoms with van der Waals surface area (Å²) in [5.41, 5.74) is 1.66. The van der Waals surface area contributed by atoms with Crippen LogP contribution in [-0.4, -0.2) is 37.1 Å². The number of carbonyl (C=O) groups is 1. The minimum absolute atomic E-state index is 0.221. The third-order valence-corrected chi connectivity index (χ3v) is 4.19. The van der Waals surface area contributed by atoms with Crippen LogP contribution in [-0.2, 0) is 11.3 Å². The predicted octanol–water partition coefficient (Wildman–Crippen LogP) is 2.09. The van der Waals surface area contributed by atoms with Gasteiger partial charge in [-0.3, -0.25) is 4.57 Å². The molecule has 0 bridgehead atoms. The van der Waals surface area contributed by atoms with E-state index in [0.717, 1.165) is 22.1 Å². The molecule has 4 rings (SSSR count). The van der Waals surface area contributed by atoms with Gasteiger partial charge in [0, 0.05) is 0 Å². The first-order chi connectivity index (χ1) is 10.8. The molecule has 9 heteroatoms. The van der Waals surface area contributed by atoms with Gasteiger partial charge in [-0.05, 0) is 18.4 Å². The third-order valence-electron chi connectivity index (χ3n) is 3.29. The minimum atomic E-state index is -0.766. The molecule has 3 aromatic heterocycles. The lowest BCUT2D eigenvalue weighted by Gasteiger charge is -2.06. The van der Waals surface area contributed by atoms with Crippen molar-refractivity contribution in [2.45, 2.75) is 13.5 Å². The van der Waals surface area contributed by atoms with Crippen molar-refractivity contribution in [3.8, 4) is 22.3 Å². The number of ether oxygens (including phenoxy) is 2. The van der Waals surface area contributed by atoms with Gasteiger partial charge in [0.25, 0.3) is 0 Å². The smallest absolute Gasteiger partial charge is 0.434 e. The van der Waals surface area contributed by atoms with Crippen molar-refractivity contribution in [3.05, 3.63) is 29.8 Å². The Morgan fingerprint density at radius 1 is 1.45 bits per heavy atom. The van der Waals surface area contributed by atoms with Crippen molar-refractivity contribution in [1.82, 2.24) is 24.3 Å². The quantitative estimate of drug-likeness (QED) is 0.526. The Bertz CT molecular complexity index is 850. The van der Waals surface area contributed by atoms with Gasteiger partial charge >= 0.3 is 6.16 Å². The summed E-state index contributed by atoms with van der Waals surface area (Å²) in [5, 5.41) is 6.21. The zero-order valence-electron chi connectivity index (χ0n) is 11.6. The fourth-order valence-corrected chi connectivity index (χ4v) is 3.26. The molecule has 112 valence electrons. The molecule has 0 saturated carbocycles. The van der Waals surface area contributed by atoms with E-state index >= 15 is 0 Å². The summed E-state index contributed by atoms with van der Waals surface area (Å²) in [4.78, 5) is 21.0. The number of nitrogens with zero attached hydrogens (tertiary/aromatic N) is 5. The van der Waals surface area contributed by atoms with E-state index < -0.39 is 6.16 Å². The highest BCUT2D eigenvalue weighted by molar-refractivity contribution is 7.14. The van der Waals surface area contributed by atoms with Crippen LogP contribution in [0.1, 0.15) is 12.6 Å². The molecule has 0 aliphatic carbocycles. The van der Waals surface area contributed by atoms with Crippen molar-refractivity contribution in [2.24, 2.45) is 0 Å². The summed E-state index contributed by atoms with van der Waals surface area (Å²) in [6.45, 7) is 2.37. The van der Waals surface area contributed by atoms with Gasteiger partial charge in [0.05, 0.1) is 23.7 Å². The van der Waals surface area contributed by atoms with Gasteiger partial charge in [-0.15, -0.1) is 11.3 Å². The van der Waals surface area contributed by atoms with Gasteiger partial charge in [-0.1, -0.05) is 0 Å². The standard InChI is InChI=1S/C13H11N5O3S/c1-2-20-13(19)21-12-9-5-18-11(14-6-16-18)10-8(3-4-22-10)17(9)7-15-12/h3-4,6-7H,2,5H2,1H3. The normalized spacial score (nSPS) is 12.0. The SMILES string of the molecule is CCOC(=O)Oc1ncn2c1Cn1ncnc1-c1sccc1-2. The Morgan fingerprint density at radius 2 is 2.36 bits per heavy atom. The first-order valence-electron chi connectivity index (χ1n) is 6.64. The number of rotatable bonds is 2. The number of hydrogen-bond donors (Lipinski definition) is 0. The molecule has 0 N–H and O–H groups in total. The van der Waals surface area contributed by atoms with E-state index in [2.05, 4.69) is 15.1 Å². The van der Waals surface area contributed by atoms with E-state index in [1.54, 1.807) is 29.3 Å². The van der Waals surface area contributed by atoms with E-state index in [4.69, 9.17) is 9.47 Å². The molecule has 0 radical (unpaired) electrons. The molecule has 1 aliphatic heterocycles. The second-order valence-corrected chi connectivity index (χ2v) is 5.44. The number of hydrogen-bond acceptors (Lipinski definition) is 7. The summed E-state index contributed by atoms with van der Waals surface area (Å²) >= 11 is 1.58. The van der Waals surface area contributed by atoms with Crippen LogP contribution in [0.2, 0.25) is 0 Å². The third kappa shape index (κ3) is 1.90.